The molecule has 1 amide bonds. The number of hydrogen-bond acceptors (Lipinski definition) is 3. The van der Waals surface area contributed by atoms with Gasteiger partial charge in [0, 0.05) is 6.04 Å². The average molecular weight is 288 g/mol. The van der Waals surface area contributed by atoms with Crippen LogP contribution in [0.25, 0.3) is 0 Å². The summed E-state index contributed by atoms with van der Waals surface area (Å²) < 4.78 is 5.21. The topological polar surface area (TPSA) is 41.6 Å². The number of rotatable bonds is 3. The molecule has 1 saturated heterocycles. The van der Waals surface area contributed by atoms with Gasteiger partial charge in [0.05, 0.1) is 13.7 Å². The molecule has 1 N–H and O–H groups in total. The summed E-state index contributed by atoms with van der Waals surface area (Å²) in [4.78, 5) is 14.4. The number of nitrogens with one attached hydrogen (secondary N) is 1. The van der Waals surface area contributed by atoms with Gasteiger partial charge in [0.15, 0.2) is 0 Å². The number of amides is 1. The Morgan fingerprint density at radius 1 is 1.24 bits per heavy atom. The van der Waals surface area contributed by atoms with Gasteiger partial charge in [-0.05, 0) is 36.5 Å². The van der Waals surface area contributed by atoms with Crippen LogP contribution in [-0.4, -0.2) is 30.5 Å². The first-order valence-corrected chi connectivity index (χ1v) is 7.87. The van der Waals surface area contributed by atoms with Gasteiger partial charge < -0.3 is 9.64 Å². The molecule has 4 heteroatoms. The Balaban J connectivity index is 1.81. The Hall–Kier alpha value is -1.55. The van der Waals surface area contributed by atoms with E-state index in [2.05, 4.69) is 17.1 Å². The highest BCUT2D eigenvalue weighted by atomic mass is 16.5. The van der Waals surface area contributed by atoms with E-state index < -0.39 is 0 Å². The Morgan fingerprint density at radius 2 is 2.00 bits per heavy atom. The lowest BCUT2D eigenvalue weighted by Crippen LogP contribution is -2.42. The number of carbonyl (C=O) groups excluding carboxylic acids is 1. The maximum Gasteiger partial charge on any atom is 0.238 e. The van der Waals surface area contributed by atoms with Crippen molar-refractivity contribution in [3.63, 3.8) is 0 Å². The van der Waals surface area contributed by atoms with Crippen molar-refractivity contribution in [3.05, 3.63) is 29.8 Å². The minimum absolute atomic E-state index is 0.0127. The van der Waals surface area contributed by atoms with Gasteiger partial charge in [0.1, 0.15) is 11.9 Å². The summed E-state index contributed by atoms with van der Waals surface area (Å²) in [7, 11) is 1.67. The summed E-state index contributed by atoms with van der Waals surface area (Å²) in [6, 6.07) is 8.40. The molecule has 1 heterocycles. The van der Waals surface area contributed by atoms with Gasteiger partial charge >= 0.3 is 0 Å². The molecule has 21 heavy (non-hydrogen) atoms. The van der Waals surface area contributed by atoms with Gasteiger partial charge in [0.2, 0.25) is 5.91 Å². The molecule has 1 saturated carbocycles. The molecule has 0 spiro atoms. The van der Waals surface area contributed by atoms with Crippen LogP contribution in [0.3, 0.4) is 0 Å². The summed E-state index contributed by atoms with van der Waals surface area (Å²) in [5.41, 5.74) is 1.14. The summed E-state index contributed by atoms with van der Waals surface area (Å²) in [6.07, 6.45) is 4.79. The first-order valence-electron chi connectivity index (χ1n) is 7.87. The van der Waals surface area contributed by atoms with Crippen LogP contribution in [0.2, 0.25) is 0 Å². The zero-order chi connectivity index (χ0) is 14.8. The molecule has 114 valence electrons. The highest BCUT2D eigenvalue weighted by Crippen LogP contribution is 2.34. The first kappa shape index (κ1) is 14.4. The van der Waals surface area contributed by atoms with E-state index in [1.54, 1.807) is 7.11 Å². The summed E-state index contributed by atoms with van der Waals surface area (Å²) >= 11 is 0. The third-order valence-electron chi connectivity index (χ3n) is 4.75. The van der Waals surface area contributed by atoms with Gasteiger partial charge in [0.25, 0.3) is 0 Å². The second-order valence-corrected chi connectivity index (χ2v) is 6.28. The largest absolute Gasteiger partial charge is 0.497 e. The fourth-order valence-corrected chi connectivity index (χ4v) is 3.65. The Labute approximate surface area is 126 Å². The predicted molar refractivity (Wildman–Crippen MR) is 82.0 cm³/mol. The second-order valence-electron chi connectivity index (χ2n) is 6.28. The van der Waals surface area contributed by atoms with Gasteiger partial charge in [-0.3, -0.25) is 10.1 Å². The van der Waals surface area contributed by atoms with Crippen LogP contribution in [-0.2, 0) is 4.79 Å². The molecular weight excluding hydrogens is 264 g/mol. The standard InChI is InChI=1S/C17H24N2O2/c1-12-4-3-5-14(10-12)19-16(20)11-18-17(19)13-6-8-15(21-2)9-7-13/h6-9,12,14,17-18H,3-5,10-11H2,1-2H3. The lowest BCUT2D eigenvalue weighted by atomic mass is 9.86. The van der Waals surface area contributed by atoms with Crippen molar-refractivity contribution in [2.75, 3.05) is 13.7 Å². The van der Waals surface area contributed by atoms with E-state index in [4.69, 9.17) is 4.74 Å². The van der Waals surface area contributed by atoms with Crippen LogP contribution in [0.15, 0.2) is 24.3 Å². The van der Waals surface area contributed by atoms with Crippen LogP contribution in [0, 0.1) is 5.92 Å². The van der Waals surface area contributed by atoms with E-state index in [1.165, 1.54) is 12.8 Å². The molecule has 2 aliphatic rings. The molecule has 1 aliphatic carbocycles. The van der Waals surface area contributed by atoms with Gasteiger partial charge in [-0.1, -0.05) is 31.9 Å². The molecule has 3 rings (SSSR count). The minimum atomic E-state index is 0.0127. The van der Waals surface area contributed by atoms with Crippen molar-refractivity contribution in [1.29, 1.82) is 0 Å². The third kappa shape index (κ3) is 2.91. The zero-order valence-electron chi connectivity index (χ0n) is 12.8. The average Bonchev–Trinajstić information content (AvgIpc) is 2.89. The van der Waals surface area contributed by atoms with Gasteiger partial charge in [-0.2, -0.15) is 0 Å². The number of ether oxygens (including phenoxy) is 1. The molecule has 4 nitrogen and oxygen atoms in total. The number of carbonyl (C=O) groups is 1. The Morgan fingerprint density at radius 3 is 2.67 bits per heavy atom. The minimum Gasteiger partial charge on any atom is -0.497 e. The van der Waals surface area contributed by atoms with E-state index in [0.717, 1.165) is 24.2 Å². The lowest BCUT2D eigenvalue weighted by Gasteiger charge is -2.37. The number of nitrogens with zero attached hydrogens (tertiary/aromatic N) is 1. The van der Waals surface area contributed by atoms with E-state index in [0.29, 0.717) is 18.5 Å². The van der Waals surface area contributed by atoms with Crippen LogP contribution < -0.4 is 10.1 Å². The molecular formula is C17H24N2O2. The van der Waals surface area contributed by atoms with Gasteiger partial charge in [-0.25, -0.2) is 0 Å². The van der Waals surface area contributed by atoms with Crippen LogP contribution >= 0.6 is 0 Å². The fourth-order valence-electron chi connectivity index (χ4n) is 3.65. The maximum atomic E-state index is 12.3. The maximum absolute atomic E-state index is 12.3. The molecule has 1 aliphatic heterocycles. The zero-order valence-corrected chi connectivity index (χ0v) is 12.8. The summed E-state index contributed by atoms with van der Waals surface area (Å²) in [5.74, 6) is 1.80. The second kappa shape index (κ2) is 6.06. The van der Waals surface area contributed by atoms with E-state index in [9.17, 15) is 4.79 Å². The highest BCUT2D eigenvalue weighted by molar-refractivity contribution is 5.81. The first-order chi connectivity index (χ1) is 10.2. The van der Waals surface area contributed by atoms with Crippen molar-refractivity contribution >= 4 is 5.91 Å². The van der Waals surface area contributed by atoms with Gasteiger partial charge in [-0.15, -0.1) is 0 Å². The van der Waals surface area contributed by atoms with Crippen molar-refractivity contribution < 1.29 is 9.53 Å². The van der Waals surface area contributed by atoms with Crippen LogP contribution in [0.4, 0.5) is 0 Å². The van der Waals surface area contributed by atoms with Crippen molar-refractivity contribution in [2.45, 2.75) is 44.8 Å². The normalized spacial score (nSPS) is 29.7. The monoisotopic (exact) mass is 288 g/mol. The van der Waals surface area contributed by atoms with Crippen molar-refractivity contribution in [1.82, 2.24) is 10.2 Å². The van der Waals surface area contributed by atoms with Crippen LogP contribution in [0.5, 0.6) is 5.75 Å². The van der Waals surface area contributed by atoms with E-state index >= 15 is 0 Å². The van der Waals surface area contributed by atoms with Crippen molar-refractivity contribution in [2.24, 2.45) is 5.92 Å². The highest BCUT2D eigenvalue weighted by Gasteiger charge is 2.38. The number of methoxy groups -OCH3 is 1. The number of hydrogen-bond donors (Lipinski definition) is 1. The van der Waals surface area contributed by atoms with E-state index in [-0.39, 0.29) is 12.1 Å². The molecule has 1 aromatic rings. The molecule has 0 radical (unpaired) electrons. The summed E-state index contributed by atoms with van der Waals surface area (Å²) in [6.45, 7) is 2.74. The fraction of sp³-hybridized carbons (Fsp3) is 0.588. The smallest absolute Gasteiger partial charge is 0.238 e. The SMILES string of the molecule is COc1ccc(C2NCC(=O)N2C2CCCC(C)C2)cc1. The van der Waals surface area contributed by atoms with Crippen molar-refractivity contribution in [3.8, 4) is 5.75 Å². The molecule has 1 aromatic carbocycles. The van der Waals surface area contributed by atoms with E-state index in [1.807, 2.05) is 24.3 Å². The quantitative estimate of drug-likeness (QED) is 0.930. The summed E-state index contributed by atoms with van der Waals surface area (Å²) in [5, 5.41) is 3.36. The lowest BCUT2D eigenvalue weighted by molar-refractivity contribution is -0.131. The third-order valence-corrected chi connectivity index (χ3v) is 4.75. The molecule has 2 fully saturated rings. The molecule has 3 unspecified atom stereocenters. The Bertz CT molecular complexity index is 500. The Kier molecular flexibility index (Phi) is 4.15. The molecule has 0 bridgehead atoms. The molecule has 3 atom stereocenters. The molecule has 0 aromatic heterocycles. The number of benzene rings is 1. The van der Waals surface area contributed by atoms with Crippen LogP contribution in [0.1, 0.15) is 44.3 Å². The predicted octanol–water partition coefficient (Wildman–Crippen LogP) is 2.70.